The smallest absolute Gasteiger partial charge is 0.493 e. The molecule has 1 heterocycles. The Morgan fingerprint density at radius 1 is 0.729 bits per heavy atom. The molecule has 2 aromatic carbocycles. The van der Waals surface area contributed by atoms with Crippen LogP contribution in [0, 0.1) is 5.92 Å². The van der Waals surface area contributed by atoms with Crippen molar-refractivity contribution in [1.82, 2.24) is 15.6 Å². The normalized spacial score (nSPS) is 12.1. The molecule has 2 atom stereocenters. The van der Waals surface area contributed by atoms with Gasteiger partial charge >= 0.3 is 6.16 Å². The van der Waals surface area contributed by atoms with E-state index in [0.717, 1.165) is 11.1 Å². The SMILES string of the molecule is CCOC(=O)Oc1c(OC)ccnc1C(=O)N[C@@H](CC(C)C)C(=O)N[C@@H](C)C(c1ccc(OC)c(OC)c1)c1ccc(OC)c(OC)c1. The minimum Gasteiger partial charge on any atom is -0.493 e. The van der Waals surface area contributed by atoms with Crippen LogP contribution in [0.15, 0.2) is 48.7 Å². The largest absolute Gasteiger partial charge is 0.514 e. The molecule has 0 unspecified atom stereocenters. The first-order valence-electron chi connectivity index (χ1n) is 15.4. The van der Waals surface area contributed by atoms with E-state index in [1.165, 1.54) is 19.4 Å². The third-order valence-electron chi connectivity index (χ3n) is 7.48. The van der Waals surface area contributed by atoms with Crippen LogP contribution < -0.4 is 39.1 Å². The number of carbonyl (C=O) groups excluding carboxylic acids is 3. The predicted octanol–water partition coefficient (Wildman–Crippen LogP) is 5.14. The van der Waals surface area contributed by atoms with Gasteiger partial charge in [-0.3, -0.25) is 9.59 Å². The molecule has 1 aromatic heterocycles. The van der Waals surface area contributed by atoms with Gasteiger partial charge in [0.25, 0.3) is 5.91 Å². The number of ether oxygens (including phenoxy) is 7. The molecule has 0 aliphatic carbocycles. The van der Waals surface area contributed by atoms with Gasteiger partial charge in [0, 0.05) is 24.2 Å². The van der Waals surface area contributed by atoms with Crippen molar-refractivity contribution >= 4 is 18.0 Å². The second-order valence-electron chi connectivity index (χ2n) is 11.1. The molecular formula is C35H45N3O10. The zero-order valence-corrected chi connectivity index (χ0v) is 28.9. The van der Waals surface area contributed by atoms with Gasteiger partial charge in [-0.05, 0) is 61.6 Å². The summed E-state index contributed by atoms with van der Waals surface area (Å²) in [7, 11) is 7.58. The average Bonchev–Trinajstić information content (AvgIpc) is 3.07. The van der Waals surface area contributed by atoms with Gasteiger partial charge in [0.2, 0.25) is 11.7 Å². The summed E-state index contributed by atoms with van der Waals surface area (Å²) in [6.45, 7) is 7.42. The van der Waals surface area contributed by atoms with Crippen LogP contribution in [0.1, 0.15) is 61.6 Å². The van der Waals surface area contributed by atoms with Crippen molar-refractivity contribution in [2.45, 2.75) is 52.1 Å². The van der Waals surface area contributed by atoms with Crippen molar-refractivity contribution in [3.05, 3.63) is 65.5 Å². The fourth-order valence-electron chi connectivity index (χ4n) is 5.28. The number of benzene rings is 2. The monoisotopic (exact) mass is 667 g/mol. The van der Waals surface area contributed by atoms with Gasteiger partial charge in [0.1, 0.15) is 6.04 Å². The molecule has 3 aromatic rings. The highest BCUT2D eigenvalue weighted by Crippen LogP contribution is 2.38. The van der Waals surface area contributed by atoms with E-state index in [2.05, 4.69) is 15.6 Å². The van der Waals surface area contributed by atoms with Gasteiger partial charge in [-0.15, -0.1) is 0 Å². The summed E-state index contributed by atoms with van der Waals surface area (Å²) in [4.78, 5) is 43.8. The van der Waals surface area contributed by atoms with Gasteiger partial charge in [-0.2, -0.15) is 0 Å². The van der Waals surface area contributed by atoms with E-state index < -0.39 is 36.0 Å². The molecule has 48 heavy (non-hydrogen) atoms. The van der Waals surface area contributed by atoms with Crippen molar-refractivity contribution in [3.63, 3.8) is 0 Å². The highest BCUT2D eigenvalue weighted by molar-refractivity contribution is 5.99. The van der Waals surface area contributed by atoms with Crippen LogP contribution in [0.5, 0.6) is 34.5 Å². The maximum absolute atomic E-state index is 14.0. The number of carbonyl (C=O) groups is 3. The van der Waals surface area contributed by atoms with E-state index in [1.54, 1.807) is 47.5 Å². The quantitative estimate of drug-likeness (QED) is 0.195. The summed E-state index contributed by atoms with van der Waals surface area (Å²) in [5, 5.41) is 5.89. The number of aromatic nitrogens is 1. The number of pyridine rings is 1. The van der Waals surface area contributed by atoms with Gasteiger partial charge in [0.05, 0.1) is 42.2 Å². The summed E-state index contributed by atoms with van der Waals surface area (Å²) >= 11 is 0. The van der Waals surface area contributed by atoms with Crippen LogP contribution in [0.25, 0.3) is 0 Å². The standard InChI is InChI=1S/C35H45N3O10/c1-10-47-35(41)48-32-27(44-7)15-16-36-31(32)34(40)38-24(17-20(2)3)33(39)37-21(4)30(22-11-13-25(42-5)28(18-22)45-8)23-12-14-26(43-6)29(19-23)46-9/h11-16,18-21,24,30H,10,17H2,1-9H3,(H,37,39)(H,38,40)/t21-,24-/m0/s1. The number of nitrogens with one attached hydrogen (secondary N) is 2. The van der Waals surface area contributed by atoms with E-state index in [-0.39, 0.29) is 29.7 Å². The first kappa shape index (κ1) is 37.3. The van der Waals surface area contributed by atoms with E-state index >= 15 is 0 Å². The highest BCUT2D eigenvalue weighted by atomic mass is 16.7. The fourth-order valence-corrected chi connectivity index (χ4v) is 5.28. The summed E-state index contributed by atoms with van der Waals surface area (Å²) in [6, 6.07) is 11.1. The molecule has 0 aliphatic rings. The third-order valence-corrected chi connectivity index (χ3v) is 7.48. The van der Waals surface area contributed by atoms with Crippen LogP contribution in [0.4, 0.5) is 4.79 Å². The lowest BCUT2D eigenvalue weighted by Gasteiger charge is -2.29. The minimum atomic E-state index is -1.03. The van der Waals surface area contributed by atoms with Gasteiger partial charge in [-0.1, -0.05) is 26.0 Å². The molecular weight excluding hydrogens is 622 g/mol. The molecule has 0 saturated heterocycles. The summed E-state index contributed by atoms with van der Waals surface area (Å²) in [5.74, 6) is 0.494. The van der Waals surface area contributed by atoms with Crippen LogP contribution in [0.3, 0.4) is 0 Å². The second kappa shape index (κ2) is 17.6. The zero-order chi connectivity index (χ0) is 35.4. The first-order chi connectivity index (χ1) is 23.0. The Bertz CT molecular complexity index is 1510. The summed E-state index contributed by atoms with van der Waals surface area (Å²) in [5.41, 5.74) is 1.42. The molecule has 13 heteroatoms. The Hall–Kier alpha value is -5.20. The van der Waals surface area contributed by atoms with E-state index in [1.807, 2.05) is 45.0 Å². The lowest BCUT2D eigenvalue weighted by molar-refractivity contribution is -0.124. The maximum Gasteiger partial charge on any atom is 0.514 e. The summed E-state index contributed by atoms with van der Waals surface area (Å²) in [6.07, 6.45) is 0.613. The zero-order valence-electron chi connectivity index (χ0n) is 28.9. The number of nitrogens with zero attached hydrogens (tertiary/aromatic N) is 1. The van der Waals surface area contributed by atoms with Gasteiger partial charge in [0.15, 0.2) is 34.4 Å². The van der Waals surface area contributed by atoms with Gasteiger partial charge < -0.3 is 43.8 Å². The number of rotatable bonds is 16. The van der Waals surface area contributed by atoms with E-state index in [4.69, 9.17) is 33.2 Å². The number of hydrogen-bond acceptors (Lipinski definition) is 11. The van der Waals surface area contributed by atoms with E-state index in [0.29, 0.717) is 29.4 Å². The maximum atomic E-state index is 14.0. The fraction of sp³-hybridized carbons (Fsp3) is 0.429. The molecule has 260 valence electrons. The topological polar surface area (TPSA) is 153 Å². The Kier molecular flexibility index (Phi) is 13.7. The predicted molar refractivity (Wildman–Crippen MR) is 178 cm³/mol. The number of hydrogen-bond donors (Lipinski definition) is 2. The molecule has 0 fully saturated rings. The molecule has 0 saturated carbocycles. The average molecular weight is 668 g/mol. The Morgan fingerprint density at radius 3 is 1.75 bits per heavy atom. The van der Waals surface area contributed by atoms with Crippen molar-refractivity contribution in [3.8, 4) is 34.5 Å². The van der Waals surface area contributed by atoms with Crippen LogP contribution in [-0.4, -0.2) is 77.2 Å². The van der Waals surface area contributed by atoms with Crippen molar-refractivity contribution in [2.24, 2.45) is 5.92 Å². The lowest BCUT2D eigenvalue weighted by Crippen LogP contribution is -2.51. The molecule has 3 rings (SSSR count). The minimum absolute atomic E-state index is 0.0253. The lowest BCUT2D eigenvalue weighted by atomic mass is 9.85. The Morgan fingerprint density at radius 2 is 1.27 bits per heavy atom. The third kappa shape index (κ3) is 9.20. The van der Waals surface area contributed by atoms with Crippen LogP contribution in [0.2, 0.25) is 0 Å². The number of amides is 2. The molecule has 0 radical (unpaired) electrons. The molecule has 0 spiro atoms. The summed E-state index contributed by atoms with van der Waals surface area (Å²) < 4.78 is 37.5. The van der Waals surface area contributed by atoms with Crippen molar-refractivity contribution in [1.29, 1.82) is 0 Å². The second-order valence-corrected chi connectivity index (χ2v) is 11.1. The van der Waals surface area contributed by atoms with Crippen LogP contribution in [-0.2, 0) is 9.53 Å². The van der Waals surface area contributed by atoms with Crippen molar-refractivity contribution < 1.29 is 47.5 Å². The van der Waals surface area contributed by atoms with Crippen molar-refractivity contribution in [2.75, 3.05) is 42.2 Å². The highest BCUT2D eigenvalue weighted by Gasteiger charge is 2.31. The van der Waals surface area contributed by atoms with Gasteiger partial charge in [-0.25, -0.2) is 9.78 Å². The molecule has 2 N–H and O–H groups in total. The number of methoxy groups -OCH3 is 5. The molecule has 13 nitrogen and oxygen atoms in total. The molecule has 2 amide bonds. The van der Waals surface area contributed by atoms with Crippen LogP contribution >= 0.6 is 0 Å². The molecule has 0 bridgehead atoms. The Labute approximate surface area is 281 Å². The molecule has 0 aliphatic heterocycles. The first-order valence-corrected chi connectivity index (χ1v) is 15.4. The van der Waals surface area contributed by atoms with E-state index in [9.17, 15) is 14.4 Å². The Balaban J connectivity index is 1.99.